The molecule has 4 fully saturated rings. The summed E-state index contributed by atoms with van der Waals surface area (Å²) < 4.78 is 31.1. The van der Waals surface area contributed by atoms with Gasteiger partial charge in [-0.2, -0.15) is 0 Å². The molecule has 7 rings (SSSR count). The molecule has 0 saturated carbocycles. The van der Waals surface area contributed by atoms with E-state index < -0.39 is 45.5 Å². The molecule has 4 aliphatic heterocycles. The minimum absolute atomic E-state index is 0.0236. The smallest absolute Gasteiger partial charge is 0.383 e. The molecule has 0 aliphatic carbocycles. The van der Waals surface area contributed by atoms with E-state index in [1.165, 1.54) is 152 Å². The van der Waals surface area contributed by atoms with Crippen molar-refractivity contribution in [2.24, 2.45) is 0 Å². The fourth-order valence-electron chi connectivity index (χ4n) is 11.5. The van der Waals surface area contributed by atoms with Crippen LogP contribution >= 0.6 is 15.6 Å². The van der Waals surface area contributed by atoms with E-state index in [9.17, 15) is 23.8 Å². The Bertz CT molecular complexity index is 2130. The number of fused-ring (bicyclic) bond motifs is 1. The van der Waals surface area contributed by atoms with E-state index >= 15 is 0 Å². The van der Waals surface area contributed by atoms with Crippen molar-refractivity contribution < 1.29 is 52.4 Å². The summed E-state index contributed by atoms with van der Waals surface area (Å²) in [6.07, 6.45) is 30.1. The van der Waals surface area contributed by atoms with Gasteiger partial charge in [0.1, 0.15) is 5.60 Å². The third kappa shape index (κ3) is 24.4. The molecule has 4 aliphatic rings. The number of phosphoric acid groups is 2. The summed E-state index contributed by atoms with van der Waals surface area (Å²) in [7, 11) is -9.03. The summed E-state index contributed by atoms with van der Waals surface area (Å²) in [6.45, 7) is 9.50. The summed E-state index contributed by atoms with van der Waals surface area (Å²) in [5.41, 5.74) is 6.50. The number of aliphatic hydroxyl groups is 1. The predicted molar refractivity (Wildman–Crippen MR) is 308 cm³/mol. The quantitative estimate of drug-likeness (QED) is 0.0229. The number of benzene rings is 3. The van der Waals surface area contributed by atoms with E-state index in [2.05, 4.69) is 93.9 Å². The van der Waals surface area contributed by atoms with Crippen LogP contribution in [0.25, 0.3) is 0 Å². The first-order valence-corrected chi connectivity index (χ1v) is 32.8. The summed E-state index contributed by atoms with van der Waals surface area (Å²) in [4.78, 5) is 62.7. The molecule has 4 saturated heterocycles. The molecule has 3 aromatic carbocycles. The summed E-state index contributed by atoms with van der Waals surface area (Å²) in [5, 5.41) is 17.2. The number of nitrogens with one attached hydrogen (secondary N) is 2. The Kier molecular flexibility index (Phi) is 29.0. The van der Waals surface area contributed by atoms with E-state index in [1.807, 2.05) is 24.3 Å². The Labute approximate surface area is 462 Å². The van der Waals surface area contributed by atoms with Gasteiger partial charge in [-0.15, -0.1) is 0 Å². The molecule has 3 aromatic rings. The summed E-state index contributed by atoms with van der Waals surface area (Å²) >= 11 is 0. The van der Waals surface area contributed by atoms with Crippen molar-refractivity contribution in [2.45, 2.75) is 236 Å². The second-order valence-corrected chi connectivity index (χ2v) is 24.8. The van der Waals surface area contributed by atoms with Gasteiger partial charge < -0.3 is 35.3 Å². The van der Waals surface area contributed by atoms with Crippen LogP contribution in [0.5, 0.6) is 0 Å². The minimum atomic E-state index is -4.51. The molecule has 0 radical (unpaired) electrons. The lowest BCUT2D eigenvalue weighted by molar-refractivity contribution is -0.121. The van der Waals surface area contributed by atoms with Crippen LogP contribution in [0.2, 0.25) is 0 Å². The van der Waals surface area contributed by atoms with Gasteiger partial charge in [-0.3, -0.25) is 23.5 Å². The fraction of sp³-hybridized carbons (Fsp3) is 0.672. The fourth-order valence-corrected chi connectivity index (χ4v) is 12.6. The van der Waals surface area contributed by atoms with Gasteiger partial charge >= 0.3 is 15.6 Å². The van der Waals surface area contributed by atoms with Crippen LogP contribution in [0.3, 0.4) is 0 Å². The van der Waals surface area contributed by atoms with Crippen LogP contribution in [0, 0.1) is 0 Å². The van der Waals surface area contributed by atoms with Crippen LogP contribution < -0.4 is 10.6 Å². The highest BCUT2D eigenvalue weighted by Crippen LogP contribution is 2.43. The van der Waals surface area contributed by atoms with Gasteiger partial charge in [-0.25, -0.2) is 9.13 Å². The van der Waals surface area contributed by atoms with E-state index in [4.69, 9.17) is 19.6 Å². The molecule has 16 heteroatoms. The Morgan fingerprint density at radius 2 is 0.883 bits per heavy atom. The van der Waals surface area contributed by atoms with Crippen molar-refractivity contribution in [2.75, 3.05) is 26.2 Å². The normalized spacial score (nSPS) is 22.3. The van der Waals surface area contributed by atoms with Gasteiger partial charge in [-0.05, 0) is 111 Å². The van der Waals surface area contributed by atoms with Gasteiger partial charge in [-0.1, -0.05) is 190 Å². The molecule has 14 nitrogen and oxygen atoms in total. The number of carbonyl (C=O) groups is 2. The number of nitrogens with zero attached hydrogens (tertiary/aromatic N) is 1. The molecule has 0 bridgehead atoms. The first-order valence-electron chi connectivity index (χ1n) is 29.7. The summed E-state index contributed by atoms with van der Waals surface area (Å²) in [5.74, 6) is 0.0472. The molecule has 432 valence electrons. The standard InChI is InChI=1S/C21H33NO.2C20H32NO5P/c1-2-3-4-5-6-7-9-18-11-13-19(14-12-18)21(23)15-17-22-16-8-10-20(21)22;2*1-2-3-4-5-6-7-8-16-9-11-17(12-10-16)13-20(22)19-14-18(15-21-19)26-27(23,24)25/h11-14,20,23H,2-10,15-17H2,1H3;2*9-12,18-19,21H,2-8,13-15H2,1H3,(H2,23,24,25)/t20?,21-;2*18-,19+/m110/s1. The van der Waals surface area contributed by atoms with Crippen molar-refractivity contribution in [1.82, 2.24) is 15.5 Å². The van der Waals surface area contributed by atoms with Gasteiger partial charge in [0.05, 0.1) is 24.3 Å². The molecule has 0 spiro atoms. The van der Waals surface area contributed by atoms with Crippen LogP contribution in [0.4, 0.5) is 0 Å². The highest BCUT2D eigenvalue weighted by molar-refractivity contribution is 7.46. The maximum atomic E-state index is 12.4. The van der Waals surface area contributed by atoms with Crippen LogP contribution in [0.15, 0.2) is 72.8 Å². The van der Waals surface area contributed by atoms with Gasteiger partial charge in [0.25, 0.3) is 0 Å². The number of aryl methyl sites for hydroxylation is 3. The zero-order valence-corrected chi connectivity index (χ0v) is 48.8. The average molecular weight is 1110 g/mol. The van der Waals surface area contributed by atoms with Crippen molar-refractivity contribution in [3.05, 3.63) is 106 Å². The zero-order chi connectivity index (χ0) is 55.5. The second-order valence-electron chi connectivity index (χ2n) is 22.4. The van der Waals surface area contributed by atoms with Crippen molar-refractivity contribution in [3.8, 4) is 0 Å². The SMILES string of the molecule is CCCCCCCCc1ccc(CC(=O)[C@@H]2C[C@@H](OP(=O)(O)O)CN2)cc1.CCCCCCCCc1ccc(CC(=O)[C@H]2C[C@H](OP(=O)(O)O)CN2)cc1.CCCCCCCCc1ccc([C@]2(O)CCN3CCCC32)cc1. The van der Waals surface area contributed by atoms with Gasteiger partial charge in [0.2, 0.25) is 0 Å². The third-order valence-electron chi connectivity index (χ3n) is 15.9. The maximum Gasteiger partial charge on any atom is 0.469 e. The number of hydrogen-bond acceptors (Lipinski definition) is 10. The molecular weight excluding hydrogens is 1010 g/mol. The zero-order valence-electron chi connectivity index (χ0n) is 47.0. The number of rotatable bonds is 32. The molecule has 4 heterocycles. The number of Topliss-reactive ketones (excluding diaryl/α,β-unsaturated/α-hetero) is 2. The third-order valence-corrected chi connectivity index (χ3v) is 17.1. The van der Waals surface area contributed by atoms with Crippen LogP contribution in [-0.4, -0.2) is 97.7 Å². The number of carbonyl (C=O) groups excluding carboxylic acids is 2. The first kappa shape index (κ1) is 64.9. The molecular formula is C61H97N3O11P2. The predicted octanol–water partition coefficient (Wildman–Crippen LogP) is 11.7. The minimum Gasteiger partial charge on any atom is -0.383 e. The molecule has 6 atom stereocenters. The second kappa shape index (κ2) is 34.4. The van der Waals surface area contributed by atoms with Gasteiger partial charge in [0, 0.05) is 38.5 Å². The molecule has 0 amide bonds. The van der Waals surface area contributed by atoms with Crippen molar-refractivity contribution in [1.29, 1.82) is 0 Å². The Balaban J connectivity index is 0.000000214. The largest absolute Gasteiger partial charge is 0.469 e. The lowest BCUT2D eigenvalue weighted by Gasteiger charge is -2.30. The maximum absolute atomic E-state index is 12.4. The van der Waals surface area contributed by atoms with Crippen molar-refractivity contribution in [3.63, 3.8) is 0 Å². The highest BCUT2D eigenvalue weighted by Gasteiger charge is 2.49. The van der Waals surface area contributed by atoms with E-state index in [0.29, 0.717) is 31.7 Å². The lowest BCUT2D eigenvalue weighted by Crippen LogP contribution is -2.38. The van der Waals surface area contributed by atoms with E-state index in [1.54, 1.807) is 0 Å². The van der Waals surface area contributed by atoms with Gasteiger partial charge in [0.15, 0.2) is 11.6 Å². The Morgan fingerprint density at radius 1 is 0.532 bits per heavy atom. The molecule has 7 N–H and O–H groups in total. The topological polar surface area (TPSA) is 215 Å². The number of unbranched alkanes of at least 4 members (excludes halogenated alkanes) is 15. The molecule has 1 unspecified atom stereocenters. The highest BCUT2D eigenvalue weighted by atomic mass is 31.2. The van der Waals surface area contributed by atoms with Crippen LogP contribution in [-0.2, 0) is 65.5 Å². The first-order chi connectivity index (χ1) is 37.0. The van der Waals surface area contributed by atoms with Crippen molar-refractivity contribution >= 4 is 27.2 Å². The lowest BCUT2D eigenvalue weighted by atomic mass is 9.85. The number of phosphoric ester groups is 2. The number of hydrogen-bond donors (Lipinski definition) is 7. The number of ketones is 2. The Hall–Kier alpha value is -2.94. The molecule has 0 aromatic heterocycles. The van der Waals surface area contributed by atoms with Crippen LogP contribution in [0.1, 0.15) is 202 Å². The monoisotopic (exact) mass is 1110 g/mol. The summed E-state index contributed by atoms with van der Waals surface area (Å²) in [6, 6.07) is 24.8. The Morgan fingerprint density at radius 3 is 1.26 bits per heavy atom. The van der Waals surface area contributed by atoms with E-state index in [-0.39, 0.29) is 24.7 Å². The van der Waals surface area contributed by atoms with E-state index in [0.717, 1.165) is 48.9 Å². The average Bonchev–Trinajstić information content (AvgIpc) is 4.24. The molecule has 77 heavy (non-hydrogen) atoms.